The normalized spacial score (nSPS) is 33.9. The first-order valence-electron chi connectivity index (χ1n) is 14.3. The summed E-state index contributed by atoms with van der Waals surface area (Å²) in [5, 5.41) is 0. The van der Waals surface area contributed by atoms with E-state index in [1.165, 1.54) is 35.3 Å². The highest BCUT2D eigenvalue weighted by molar-refractivity contribution is 8.07. The number of nitrogens with zero attached hydrogens (tertiary/aromatic N) is 8. The van der Waals surface area contributed by atoms with Gasteiger partial charge in [-0.25, -0.2) is 29.3 Å². The number of hydrogen-bond donors (Lipinski definition) is 3. The molecule has 0 aromatic carbocycles. The van der Waals surface area contributed by atoms with Gasteiger partial charge in [-0.1, -0.05) is 6.58 Å². The Labute approximate surface area is 264 Å². The fraction of sp³-hybridized carbons (Fsp3) is 0.440. The van der Waals surface area contributed by atoms with Crippen LogP contribution in [0.15, 0.2) is 48.6 Å². The molecule has 1 unspecified atom stereocenters. The van der Waals surface area contributed by atoms with Crippen LogP contribution in [0, 0.1) is 11.8 Å². The lowest BCUT2D eigenvalue weighted by Crippen LogP contribution is -2.43. The molecule has 2 aliphatic heterocycles. The first-order chi connectivity index (χ1) is 22.1. The minimum absolute atomic E-state index is 0.0271. The third-order valence-corrected chi connectivity index (χ3v) is 11.8. The number of anilines is 1. The van der Waals surface area contributed by atoms with Crippen LogP contribution in [0.2, 0.25) is 0 Å². The molecule has 1 saturated carbocycles. The number of imidazole rings is 3. The molecule has 3 aliphatic rings. The van der Waals surface area contributed by atoms with Crippen molar-refractivity contribution in [2.45, 2.75) is 37.3 Å². The third-order valence-electron chi connectivity index (χ3n) is 8.72. The number of hydrogen-bond acceptors (Lipinski definition) is 14. The van der Waals surface area contributed by atoms with Gasteiger partial charge in [0, 0.05) is 36.6 Å². The highest BCUT2D eigenvalue weighted by atomic mass is 32.5. The number of rotatable bonds is 3. The number of aromatic nitrogens is 9. The highest BCUT2D eigenvalue weighted by Crippen LogP contribution is 2.57. The van der Waals surface area contributed by atoms with Gasteiger partial charge in [0.25, 0.3) is 5.56 Å². The van der Waals surface area contributed by atoms with E-state index in [4.69, 9.17) is 40.4 Å². The predicted molar refractivity (Wildman–Crippen MR) is 165 cm³/mol. The highest BCUT2D eigenvalue weighted by Gasteiger charge is 2.47. The first-order valence-corrected chi connectivity index (χ1v) is 18.5. The van der Waals surface area contributed by atoms with Crippen molar-refractivity contribution in [2.75, 3.05) is 25.6 Å². The van der Waals surface area contributed by atoms with Crippen LogP contribution in [0.25, 0.3) is 28.1 Å². The summed E-state index contributed by atoms with van der Waals surface area (Å²) in [6.45, 7) is -0.0536. The fourth-order valence-corrected chi connectivity index (χ4v) is 8.71. The van der Waals surface area contributed by atoms with E-state index in [0.29, 0.717) is 29.0 Å². The van der Waals surface area contributed by atoms with Crippen LogP contribution >= 0.6 is 14.3 Å². The summed E-state index contributed by atoms with van der Waals surface area (Å²) in [6.07, 6.45) is 5.77. The minimum Gasteiger partial charge on any atom is -0.382 e. The zero-order valence-corrected chi connectivity index (χ0v) is 26.5. The Morgan fingerprint density at radius 1 is 1.07 bits per heavy atom. The van der Waals surface area contributed by atoms with Crippen LogP contribution < -0.4 is 11.3 Å². The number of nitrogens with two attached hydrogens (primary N) is 1. The third kappa shape index (κ3) is 5.03. The summed E-state index contributed by atoms with van der Waals surface area (Å²) in [5.74, 6) is 1.31. The van der Waals surface area contributed by atoms with E-state index in [1.807, 2.05) is 4.57 Å². The van der Waals surface area contributed by atoms with Crippen molar-refractivity contribution in [1.29, 1.82) is 0 Å². The molecule has 21 heteroatoms. The lowest BCUT2D eigenvalue weighted by molar-refractivity contribution is -0.0438. The predicted octanol–water partition coefficient (Wildman–Crippen LogP) is 2.26. The number of nitrogens with one attached hydrogen (secondary N) is 1. The second-order valence-electron chi connectivity index (χ2n) is 11.3. The quantitative estimate of drug-likeness (QED) is 0.231. The van der Waals surface area contributed by atoms with Gasteiger partial charge in [-0.05, 0) is 24.1 Å². The molecule has 0 amide bonds. The number of nitrogen functional groups attached to an aromatic ring is 1. The number of fused-ring (bicyclic) bond motifs is 6. The van der Waals surface area contributed by atoms with Crippen molar-refractivity contribution in [2.24, 2.45) is 11.8 Å². The van der Waals surface area contributed by atoms with Crippen LogP contribution in [-0.2, 0) is 39.2 Å². The van der Waals surface area contributed by atoms with Crippen LogP contribution in [0.4, 0.5) is 5.82 Å². The maximum absolute atomic E-state index is 14.0. The van der Waals surface area contributed by atoms with Gasteiger partial charge in [0.1, 0.15) is 23.6 Å². The topological polar surface area (TPSA) is 221 Å². The Hall–Kier alpha value is -3.38. The van der Waals surface area contributed by atoms with Gasteiger partial charge < -0.3 is 38.5 Å². The molecule has 5 aromatic heterocycles. The van der Waals surface area contributed by atoms with Gasteiger partial charge in [-0.3, -0.25) is 18.5 Å². The second-order valence-corrected chi connectivity index (χ2v) is 16.1. The van der Waals surface area contributed by atoms with E-state index < -0.39 is 32.8 Å². The van der Waals surface area contributed by atoms with E-state index in [-0.39, 0.29) is 61.0 Å². The van der Waals surface area contributed by atoms with E-state index in [9.17, 15) is 14.3 Å². The zero-order valence-electron chi connectivity index (χ0n) is 23.9. The van der Waals surface area contributed by atoms with Crippen molar-refractivity contribution < 1.29 is 32.3 Å². The van der Waals surface area contributed by atoms with Crippen LogP contribution in [0.5, 0.6) is 0 Å². The first kappa shape index (κ1) is 30.0. The van der Waals surface area contributed by atoms with E-state index >= 15 is 0 Å². The van der Waals surface area contributed by atoms with Crippen LogP contribution in [0.3, 0.4) is 0 Å². The van der Waals surface area contributed by atoms with Crippen molar-refractivity contribution in [3.8, 4) is 0 Å². The summed E-state index contributed by atoms with van der Waals surface area (Å²) >= 11 is 5.35. The summed E-state index contributed by atoms with van der Waals surface area (Å²) < 4.78 is 48.7. The van der Waals surface area contributed by atoms with Crippen LogP contribution in [-0.4, -0.2) is 80.4 Å². The molecule has 8 atom stereocenters. The van der Waals surface area contributed by atoms with Gasteiger partial charge in [-0.15, -0.1) is 0 Å². The van der Waals surface area contributed by atoms with Gasteiger partial charge in [0.05, 0.1) is 38.6 Å². The van der Waals surface area contributed by atoms with Crippen molar-refractivity contribution in [3.05, 3.63) is 54.1 Å². The van der Waals surface area contributed by atoms with E-state index in [0.717, 1.165) is 0 Å². The average molecular weight is 691 g/mol. The lowest BCUT2D eigenvalue weighted by Gasteiger charge is -2.45. The molecule has 0 radical (unpaired) electrons. The Kier molecular flexibility index (Phi) is 7.24. The maximum atomic E-state index is 14.0. The number of ether oxygens (including phenoxy) is 1. The molecule has 0 spiro atoms. The Morgan fingerprint density at radius 3 is 2.72 bits per heavy atom. The van der Waals surface area contributed by atoms with Gasteiger partial charge in [-0.2, -0.15) is 0 Å². The SMILES string of the molecule is C=C[P@]1(=O)OC[C@H]2C[C@@H](n3cnc4c(N)ncnc43)[C@@H]2COP(O)(=S)OC[C@@H]2C[C@@H](O1)[C@H](n1cnc3c(=O)n4ccnc4[nH]c31)O2. The molecule has 4 N–H and O–H groups in total. The van der Waals surface area contributed by atoms with Crippen molar-refractivity contribution >= 4 is 60.0 Å². The molecule has 18 nitrogen and oxygen atoms in total. The molecule has 7 heterocycles. The second kappa shape index (κ2) is 11.1. The monoisotopic (exact) mass is 690 g/mol. The fourth-order valence-electron chi connectivity index (χ4n) is 6.34. The largest absolute Gasteiger partial charge is 0.382 e. The lowest BCUT2D eigenvalue weighted by atomic mass is 9.70. The Balaban J connectivity index is 1.10. The summed E-state index contributed by atoms with van der Waals surface area (Å²) in [5.41, 5.74) is 7.11. The molecule has 242 valence electrons. The average Bonchev–Trinajstić information content (AvgIpc) is 3.82. The summed E-state index contributed by atoms with van der Waals surface area (Å²) in [6, 6.07) is -0.165. The summed E-state index contributed by atoms with van der Waals surface area (Å²) in [4.78, 5) is 48.3. The van der Waals surface area contributed by atoms with Gasteiger partial charge in [0.15, 0.2) is 23.2 Å². The van der Waals surface area contributed by atoms with Gasteiger partial charge >= 0.3 is 14.3 Å². The number of H-pyrrole nitrogens is 1. The minimum atomic E-state index is -3.88. The molecule has 8 rings (SSSR count). The van der Waals surface area contributed by atoms with E-state index in [2.05, 4.69) is 36.5 Å². The molecular weight excluding hydrogens is 662 g/mol. The van der Waals surface area contributed by atoms with Crippen LogP contribution in [0.1, 0.15) is 25.1 Å². The molecular formula is C25H28N10O8P2S. The maximum Gasteiger partial charge on any atom is 0.354 e. The molecule has 2 bridgehead atoms. The molecule has 3 fully saturated rings. The van der Waals surface area contributed by atoms with Gasteiger partial charge in [0.2, 0.25) is 5.78 Å². The molecule has 2 saturated heterocycles. The number of aromatic amines is 1. The molecule has 1 aliphatic carbocycles. The van der Waals surface area contributed by atoms with Crippen molar-refractivity contribution in [3.63, 3.8) is 0 Å². The summed E-state index contributed by atoms with van der Waals surface area (Å²) in [7, 11) is -3.88. The molecule has 5 aromatic rings. The Bertz CT molecular complexity index is 2150. The van der Waals surface area contributed by atoms with E-state index in [1.54, 1.807) is 10.9 Å². The smallest absolute Gasteiger partial charge is 0.354 e. The molecule has 46 heavy (non-hydrogen) atoms. The Morgan fingerprint density at radius 2 is 1.87 bits per heavy atom. The van der Waals surface area contributed by atoms with Crippen molar-refractivity contribution in [1.82, 2.24) is 43.4 Å². The zero-order chi connectivity index (χ0) is 31.8. The standard InChI is InChI=1S/C25H28N10O8P2S/c1-2-44(37)39-7-13-5-16(34-11-30-18-20(26)28-10-29-21(18)34)15(13)9-41-45(38,46)40-8-14-6-17(43-44)24(42-14)35-12-31-19-22(35)32-25-27-3-4-33(25)23(19)36/h2-4,10-17,24H,1,5-9H2,(H,27,32)(H,38,46)(H2,26,28,29)/t13-,14+,15-,16-,17-,24-,44+,45?/m1/s1.